The standard InChI is InChI=1S/C14H16ClNO/c1-9(2)14-12-6-10(8-17-3)4-5-11(12)13(15)7-16-14/h4-7,9H,8H2,1-3H3. The van der Waals surface area contributed by atoms with Gasteiger partial charge in [-0.3, -0.25) is 4.98 Å². The van der Waals surface area contributed by atoms with Crippen LogP contribution in [0.1, 0.15) is 31.0 Å². The lowest BCUT2D eigenvalue weighted by Crippen LogP contribution is -1.96. The third-order valence-electron chi connectivity index (χ3n) is 2.79. The highest BCUT2D eigenvalue weighted by atomic mass is 35.5. The average molecular weight is 250 g/mol. The Bertz CT molecular complexity index is 537. The molecule has 0 aliphatic carbocycles. The molecule has 0 radical (unpaired) electrons. The number of hydrogen-bond donors (Lipinski definition) is 0. The molecule has 0 saturated heterocycles. The van der Waals surface area contributed by atoms with Crippen molar-refractivity contribution in [3.8, 4) is 0 Å². The van der Waals surface area contributed by atoms with Crippen LogP contribution in [-0.4, -0.2) is 12.1 Å². The van der Waals surface area contributed by atoms with Crippen LogP contribution in [0.4, 0.5) is 0 Å². The average Bonchev–Trinajstić information content (AvgIpc) is 2.29. The summed E-state index contributed by atoms with van der Waals surface area (Å²) in [7, 11) is 1.70. The van der Waals surface area contributed by atoms with E-state index >= 15 is 0 Å². The molecule has 2 aromatic rings. The Labute approximate surface area is 107 Å². The molecule has 0 amide bonds. The summed E-state index contributed by atoms with van der Waals surface area (Å²) >= 11 is 6.17. The van der Waals surface area contributed by atoms with Crippen LogP contribution in [0.2, 0.25) is 5.02 Å². The van der Waals surface area contributed by atoms with Crippen molar-refractivity contribution in [3.05, 3.63) is 40.7 Å². The number of rotatable bonds is 3. The van der Waals surface area contributed by atoms with Gasteiger partial charge in [-0.05, 0) is 17.5 Å². The Morgan fingerprint density at radius 1 is 1.29 bits per heavy atom. The van der Waals surface area contributed by atoms with Gasteiger partial charge in [-0.15, -0.1) is 0 Å². The van der Waals surface area contributed by atoms with Crippen molar-refractivity contribution < 1.29 is 4.74 Å². The number of ether oxygens (including phenoxy) is 1. The number of nitrogens with zero attached hydrogens (tertiary/aromatic N) is 1. The van der Waals surface area contributed by atoms with Crippen LogP contribution in [0.3, 0.4) is 0 Å². The van der Waals surface area contributed by atoms with Gasteiger partial charge in [0.2, 0.25) is 0 Å². The smallest absolute Gasteiger partial charge is 0.0713 e. The van der Waals surface area contributed by atoms with Gasteiger partial charge in [0.25, 0.3) is 0 Å². The van der Waals surface area contributed by atoms with Crippen LogP contribution in [0.15, 0.2) is 24.4 Å². The summed E-state index contributed by atoms with van der Waals surface area (Å²) in [6.07, 6.45) is 1.73. The SMILES string of the molecule is COCc1ccc2c(Cl)cnc(C(C)C)c2c1. The number of pyridine rings is 1. The van der Waals surface area contributed by atoms with Crippen molar-refractivity contribution in [3.63, 3.8) is 0 Å². The Hall–Kier alpha value is -1.12. The van der Waals surface area contributed by atoms with E-state index in [2.05, 4.69) is 24.9 Å². The second-order valence-electron chi connectivity index (χ2n) is 4.46. The molecule has 0 bridgehead atoms. The second kappa shape index (κ2) is 5.03. The van der Waals surface area contributed by atoms with Crippen LogP contribution in [-0.2, 0) is 11.3 Å². The minimum atomic E-state index is 0.382. The first-order chi connectivity index (χ1) is 8.13. The first-order valence-corrected chi connectivity index (χ1v) is 6.07. The lowest BCUT2D eigenvalue weighted by atomic mass is 10.0. The van der Waals surface area contributed by atoms with Crippen LogP contribution in [0.25, 0.3) is 10.8 Å². The van der Waals surface area contributed by atoms with Gasteiger partial charge in [-0.2, -0.15) is 0 Å². The van der Waals surface area contributed by atoms with E-state index in [0.29, 0.717) is 17.5 Å². The summed E-state index contributed by atoms with van der Waals surface area (Å²) < 4.78 is 5.15. The van der Waals surface area contributed by atoms with E-state index in [-0.39, 0.29) is 0 Å². The zero-order valence-electron chi connectivity index (χ0n) is 10.3. The number of fused-ring (bicyclic) bond motifs is 1. The molecular weight excluding hydrogens is 234 g/mol. The van der Waals surface area contributed by atoms with Crippen molar-refractivity contribution in [1.82, 2.24) is 4.98 Å². The maximum atomic E-state index is 6.17. The lowest BCUT2D eigenvalue weighted by Gasteiger charge is -2.11. The molecule has 0 unspecified atom stereocenters. The topological polar surface area (TPSA) is 22.1 Å². The van der Waals surface area contributed by atoms with E-state index in [1.165, 1.54) is 0 Å². The van der Waals surface area contributed by atoms with E-state index in [9.17, 15) is 0 Å². The molecule has 90 valence electrons. The van der Waals surface area contributed by atoms with Gasteiger partial charge in [0.15, 0.2) is 0 Å². The minimum Gasteiger partial charge on any atom is -0.380 e. The van der Waals surface area contributed by atoms with E-state index < -0.39 is 0 Å². The van der Waals surface area contributed by atoms with Crippen molar-refractivity contribution in [2.45, 2.75) is 26.4 Å². The van der Waals surface area contributed by atoms with Crippen molar-refractivity contribution in [2.24, 2.45) is 0 Å². The predicted molar refractivity (Wildman–Crippen MR) is 71.6 cm³/mol. The fraction of sp³-hybridized carbons (Fsp3) is 0.357. The van der Waals surface area contributed by atoms with Gasteiger partial charge in [-0.25, -0.2) is 0 Å². The van der Waals surface area contributed by atoms with Gasteiger partial charge in [-0.1, -0.05) is 37.6 Å². The third kappa shape index (κ3) is 2.43. The van der Waals surface area contributed by atoms with Crippen molar-refractivity contribution in [1.29, 1.82) is 0 Å². The zero-order valence-corrected chi connectivity index (χ0v) is 11.1. The molecule has 0 saturated carbocycles. The van der Waals surface area contributed by atoms with E-state index in [1.807, 2.05) is 12.1 Å². The Morgan fingerprint density at radius 3 is 2.71 bits per heavy atom. The van der Waals surface area contributed by atoms with Crippen LogP contribution >= 0.6 is 11.6 Å². The number of hydrogen-bond acceptors (Lipinski definition) is 2. The Morgan fingerprint density at radius 2 is 2.06 bits per heavy atom. The fourth-order valence-electron chi connectivity index (χ4n) is 1.99. The van der Waals surface area contributed by atoms with Crippen LogP contribution in [0, 0.1) is 0 Å². The van der Waals surface area contributed by atoms with E-state index in [0.717, 1.165) is 22.0 Å². The molecule has 0 aliphatic heterocycles. The normalized spacial score (nSPS) is 11.4. The highest BCUT2D eigenvalue weighted by Crippen LogP contribution is 2.29. The van der Waals surface area contributed by atoms with Gasteiger partial charge in [0, 0.05) is 24.1 Å². The molecule has 1 heterocycles. The Balaban J connectivity index is 2.67. The summed E-state index contributed by atoms with van der Waals surface area (Å²) in [5, 5.41) is 2.89. The molecule has 0 spiro atoms. The highest BCUT2D eigenvalue weighted by Gasteiger charge is 2.10. The molecule has 0 fully saturated rings. The largest absolute Gasteiger partial charge is 0.380 e. The number of aromatic nitrogens is 1. The molecule has 0 atom stereocenters. The molecule has 0 N–H and O–H groups in total. The van der Waals surface area contributed by atoms with Crippen molar-refractivity contribution >= 4 is 22.4 Å². The van der Waals surface area contributed by atoms with Crippen LogP contribution < -0.4 is 0 Å². The third-order valence-corrected chi connectivity index (χ3v) is 3.09. The Kier molecular flexibility index (Phi) is 3.65. The molecule has 3 heteroatoms. The van der Waals surface area contributed by atoms with Gasteiger partial charge < -0.3 is 4.74 Å². The number of halogens is 1. The first-order valence-electron chi connectivity index (χ1n) is 5.69. The number of benzene rings is 1. The molecule has 2 nitrogen and oxygen atoms in total. The maximum absolute atomic E-state index is 6.17. The maximum Gasteiger partial charge on any atom is 0.0713 e. The van der Waals surface area contributed by atoms with E-state index in [4.69, 9.17) is 16.3 Å². The summed E-state index contributed by atoms with van der Waals surface area (Å²) in [6.45, 7) is 4.89. The first kappa shape index (κ1) is 12.3. The van der Waals surface area contributed by atoms with Crippen molar-refractivity contribution in [2.75, 3.05) is 7.11 Å². The fourth-order valence-corrected chi connectivity index (χ4v) is 2.21. The minimum absolute atomic E-state index is 0.382. The summed E-state index contributed by atoms with van der Waals surface area (Å²) in [6, 6.07) is 6.20. The monoisotopic (exact) mass is 249 g/mol. The quantitative estimate of drug-likeness (QED) is 0.815. The molecule has 0 aliphatic rings. The molecule has 17 heavy (non-hydrogen) atoms. The summed E-state index contributed by atoms with van der Waals surface area (Å²) in [5.74, 6) is 0.382. The summed E-state index contributed by atoms with van der Waals surface area (Å²) in [5.41, 5.74) is 2.23. The number of methoxy groups -OCH3 is 1. The summed E-state index contributed by atoms with van der Waals surface area (Å²) in [4.78, 5) is 4.43. The predicted octanol–water partition coefficient (Wildman–Crippen LogP) is 4.16. The molecule has 1 aromatic heterocycles. The van der Waals surface area contributed by atoms with Gasteiger partial charge in [0.05, 0.1) is 17.3 Å². The van der Waals surface area contributed by atoms with Crippen LogP contribution in [0.5, 0.6) is 0 Å². The highest BCUT2D eigenvalue weighted by molar-refractivity contribution is 6.35. The second-order valence-corrected chi connectivity index (χ2v) is 4.87. The van der Waals surface area contributed by atoms with Gasteiger partial charge >= 0.3 is 0 Å². The molecule has 1 aromatic carbocycles. The van der Waals surface area contributed by atoms with Gasteiger partial charge in [0.1, 0.15) is 0 Å². The zero-order chi connectivity index (χ0) is 12.4. The molecular formula is C14H16ClNO. The molecule has 2 rings (SSSR count). The lowest BCUT2D eigenvalue weighted by molar-refractivity contribution is 0.185. The van der Waals surface area contributed by atoms with E-state index in [1.54, 1.807) is 13.3 Å².